The number of nitrogens with one attached hydrogen (secondary N) is 1. The van der Waals surface area contributed by atoms with Gasteiger partial charge < -0.3 is 0 Å². The third-order valence-corrected chi connectivity index (χ3v) is 1.64. The Morgan fingerprint density at radius 3 is 1.86 bits per heavy atom. The van der Waals surface area contributed by atoms with Crippen molar-refractivity contribution in [1.29, 1.82) is 5.26 Å². The normalized spacial score (nSPS) is 12.0. The van der Waals surface area contributed by atoms with Gasteiger partial charge in [-0.2, -0.15) is 0 Å². The summed E-state index contributed by atoms with van der Waals surface area (Å²) < 4.78 is 0. The molecular formula is C9H6N2O2Se. The fourth-order valence-corrected chi connectivity index (χ4v) is 1.12. The molecule has 0 spiro atoms. The van der Waals surface area contributed by atoms with E-state index in [-0.39, 0.29) is 11.8 Å². The Balaban J connectivity index is 0.000000293. The molecule has 5 heteroatoms. The number of nitriles is 1. The van der Waals surface area contributed by atoms with Crippen molar-refractivity contribution in [3.05, 3.63) is 35.4 Å². The van der Waals surface area contributed by atoms with E-state index in [1.165, 1.54) is 0 Å². The number of rotatable bonds is 0. The quantitative estimate of drug-likeness (QED) is 0.520. The van der Waals surface area contributed by atoms with Crippen molar-refractivity contribution in [3.8, 4) is 4.97 Å². The molecule has 2 rings (SSSR count). The van der Waals surface area contributed by atoms with Crippen molar-refractivity contribution in [1.82, 2.24) is 5.32 Å². The molecule has 0 atom stereocenters. The molecule has 0 aliphatic carbocycles. The van der Waals surface area contributed by atoms with Gasteiger partial charge in [0.05, 0.1) is 11.1 Å². The van der Waals surface area contributed by atoms with E-state index in [4.69, 9.17) is 5.26 Å². The summed E-state index contributed by atoms with van der Waals surface area (Å²) in [6, 6.07) is 6.74. The van der Waals surface area contributed by atoms with Gasteiger partial charge >= 0.3 is 26.2 Å². The predicted octanol–water partition coefficient (Wildman–Crippen LogP) is -0.0615. The Hall–Kier alpha value is -1.63. The van der Waals surface area contributed by atoms with E-state index in [9.17, 15) is 9.59 Å². The summed E-state index contributed by atoms with van der Waals surface area (Å²) in [5.41, 5.74) is 0.940. The smallest absolute Gasteiger partial charge is 0.258 e. The average Bonchev–Trinajstić information content (AvgIpc) is 2.45. The first-order valence-electron chi connectivity index (χ1n) is 3.68. The fraction of sp³-hybridized carbons (Fsp3) is 0. The minimum absolute atomic E-state index is 0.300. The first-order chi connectivity index (χ1) is 6.70. The monoisotopic (exact) mass is 254 g/mol. The topological polar surface area (TPSA) is 70.0 Å². The Bertz CT molecular complexity index is 390. The minimum Gasteiger partial charge on any atom is -0.288 e. The van der Waals surface area contributed by atoms with Crippen LogP contribution in [-0.4, -0.2) is 27.8 Å². The van der Waals surface area contributed by atoms with Crippen LogP contribution in [0.3, 0.4) is 0 Å². The van der Waals surface area contributed by atoms with Crippen LogP contribution in [0.15, 0.2) is 24.3 Å². The Labute approximate surface area is 88.7 Å². The second-order valence-electron chi connectivity index (χ2n) is 2.43. The Kier molecular flexibility index (Phi) is 3.41. The zero-order valence-electron chi connectivity index (χ0n) is 7.02. The number of fused-ring (bicyclic) bond motifs is 1. The molecule has 1 N–H and O–H groups in total. The minimum atomic E-state index is -0.300. The standard InChI is InChI=1S/C8H5NO2.CHNSe/c10-7-5-3-1-2-4-6(5)8(11)9-7;2-1-3/h1-4H,(H,9,10,11);3H. The summed E-state index contributed by atoms with van der Waals surface area (Å²) in [7, 11) is 0. The molecule has 2 amide bonds. The molecule has 1 aliphatic rings. The van der Waals surface area contributed by atoms with Gasteiger partial charge in [0.15, 0.2) is 0 Å². The average molecular weight is 253 g/mol. The van der Waals surface area contributed by atoms with E-state index in [0.29, 0.717) is 11.1 Å². The van der Waals surface area contributed by atoms with E-state index < -0.39 is 0 Å². The van der Waals surface area contributed by atoms with Crippen molar-refractivity contribution in [3.63, 3.8) is 0 Å². The molecule has 14 heavy (non-hydrogen) atoms. The molecule has 0 aromatic heterocycles. The van der Waals surface area contributed by atoms with E-state index in [1.54, 1.807) is 45.2 Å². The summed E-state index contributed by atoms with van der Waals surface area (Å²) in [5.74, 6) is -0.601. The number of benzene rings is 1. The second kappa shape index (κ2) is 4.56. The summed E-state index contributed by atoms with van der Waals surface area (Å²) in [4.78, 5) is 23.6. The van der Waals surface area contributed by atoms with Crippen molar-refractivity contribution in [2.24, 2.45) is 0 Å². The molecular weight excluding hydrogens is 247 g/mol. The summed E-state index contributed by atoms with van der Waals surface area (Å²) in [5, 5.41) is 9.50. The molecule has 1 aromatic rings. The number of imide groups is 1. The van der Waals surface area contributed by atoms with Gasteiger partial charge in [-0.25, -0.2) is 0 Å². The summed E-state index contributed by atoms with van der Waals surface area (Å²) >= 11 is 1.77. The first kappa shape index (κ1) is 10.5. The van der Waals surface area contributed by atoms with Gasteiger partial charge in [-0.15, -0.1) is 0 Å². The van der Waals surface area contributed by atoms with Crippen LogP contribution in [0.2, 0.25) is 0 Å². The number of carbonyl (C=O) groups excluding carboxylic acids is 2. The van der Waals surface area contributed by atoms with Crippen LogP contribution in [0, 0.1) is 10.2 Å². The molecule has 1 heterocycles. The van der Waals surface area contributed by atoms with Crippen LogP contribution in [0.1, 0.15) is 20.7 Å². The maximum atomic E-state index is 10.9. The molecule has 0 bridgehead atoms. The molecule has 0 fully saturated rings. The van der Waals surface area contributed by atoms with Gasteiger partial charge in [0.1, 0.15) is 0 Å². The SMILES string of the molecule is N#C[SeH].O=C1NC(=O)c2ccccc21. The number of amides is 2. The maximum absolute atomic E-state index is 10.9. The number of hydrogen-bond acceptors (Lipinski definition) is 3. The van der Waals surface area contributed by atoms with Crippen LogP contribution in [0.4, 0.5) is 0 Å². The van der Waals surface area contributed by atoms with Gasteiger partial charge in [-0.1, -0.05) is 12.1 Å². The van der Waals surface area contributed by atoms with Crippen LogP contribution < -0.4 is 5.32 Å². The number of hydrogen-bond donors (Lipinski definition) is 1. The van der Waals surface area contributed by atoms with Crippen LogP contribution in [-0.2, 0) is 0 Å². The summed E-state index contributed by atoms with van der Waals surface area (Å²) in [6.45, 7) is 0. The van der Waals surface area contributed by atoms with Gasteiger partial charge in [0, 0.05) is 0 Å². The van der Waals surface area contributed by atoms with E-state index in [0.717, 1.165) is 0 Å². The molecule has 0 unspecified atom stereocenters. The summed E-state index contributed by atoms with van der Waals surface area (Å²) in [6.07, 6.45) is 0. The number of nitrogens with zero attached hydrogens (tertiary/aromatic N) is 1. The molecule has 0 saturated heterocycles. The third-order valence-electron chi connectivity index (χ3n) is 1.64. The molecule has 1 aromatic carbocycles. The molecule has 0 radical (unpaired) electrons. The molecule has 0 saturated carbocycles. The van der Waals surface area contributed by atoms with Crippen molar-refractivity contribution < 1.29 is 9.59 Å². The molecule has 70 valence electrons. The van der Waals surface area contributed by atoms with Crippen molar-refractivity contribution in [2.45, 2.75) is 0 Å². The Morgan fingerprint density at radius 1 is 1.14 bits per heavy atom. The van der Waals surface area contributed by atoms with Crippen LogP contribution in [0.5, 0.6) is 0 Å². The third kappa shape index (κ3) is 1.99. The molecule has 4 nitrogen and oxygen atoms in total. The fourth-order valence-electron chi connectivity index (χ4n) is 1.12. The van der Waals surface area contributed by atoms with E-state index >= 15 is 0 Å². The van der Waals surface area contributed by atoms with E-state index in [1.807, 2.05) is 0 Å². The van der Waals surface area contributed by atoms with Gasteiger partial charge in [-0.3, -0.25) is 14.9 Å². The van der Waals surface area contributed by atoms with Crippen LogP contribution >= 0.6 is 0 Å². The zero-order chi connectivity index (χ0) is 10.6. The predicted molar refractivity (Wildman–Crippen MR) is 51.0 cm³/mol. The number of carbonyl (C=O) groups is 2. The van der Waals surface area contributed by atoms with Crippen LogP contribution in [0.25, 0.3) is 0 Å². The second-order valence-corrected chi connectivity index (χ2v) is 2.85. The van der Waals surface area contributed by atoms with E-state index in [2.05, 4.69) is 5.32 Å². The van der Waals surface area contributed by atoms with Crippen molar-refractivity contribution in [2.75, 3.05) is 0 Å². The van der Waals surface area contributed by atoms with Crippen molar-refractivity contribution >= 4 is 27.8 Å². The molecule has 1 aliphatic heterocycles. The zero-order valence-corrected chi connectivity index (χ0v) is 8.90. The van der Waals surface area contributed by atoms with Gasteiger partial charge in [0.2, 0.25) is 0 Å². The van der Waals surface area contributed by atoms with Gasteiger partial charge in [0.25, 0.3) is 11.8 Å². The maximum Gasteiger partial charge on any atom is 0.258 e. The first-order valence-corrected chi connectivity index (χ1v) is 4.62. The Morgan fingerprint density at radius 2 is 1.50 bits per heavy atom. The largest absolute Gasteiger partial charge is 0.288 e. The van der Waals surface area contributed by atoms with Gasteiger partial charge in [-0.05, 0) is 12.1 Å².